The normalized spacial score (nSPS) is 16.2. The van der Waals surface area contributed by atoms with E-state index in [0.717, 1.165) is 0 Å². The first kappa shape index (κ1) is 18.9. The van der Waals surface area contributed by atoms with E-state index in [1.807, 2.05) is 0 Å². The van der Waals surface area contributed by atoms with E-state index in [1.165, 1.54) is 17.2 Å². The molecule has 0 radical (unpaired) electrons. The fraction of sp³-hybridized carbons (Fsp3) is 0.444. The molecule has 0 aliphatic heterocycles. The van der Waals surface area contributed by atoms with Crippen molar-refractivity contribution in [2.24, 2.45) is 0 Å². The highest BCUT2D eigenvalue weighted by molar-refractivity contribution is 7.63. The highest BCUT2D eigenvalue weighted by Gasteiger charge is 2.32. The van der Waals surface area contributed by atoms with Crippen molar-refractivity contribution >= 4 is 32.4 Å². The van der Waals surface area contributed by atoms with Crippen LogP contribution in [-0.4, -0.2) is 58.4 Å². The minimum Gasteiger partial charge on any atom is -0.394 e. The first-order valence-corrected chi connectivity index (χ1v) is 9.63. The number of aliphatic hydroxyl groups is 1. The van der Waals surface area contributed by atoms with Crippen molar-refractivity contribution in [3.05, 3.63) is 12.7 Å². The van der Waals surface area contributed by atoms with Crippen molar-refractivity contribution in [2.45, 2.75) is 12.6 Å². The lowest BCUT2D eigenvalue weighted by atomic mass is 10.3. The summed E-state index contributed by atoms with van der Waals surface area (Å²) in [6, 6.07) is 0. The van der Waals surface area contributed by atoms with Crippen molar-refractivity contribution in [2.75, 3.05) is 18.7 Å². The van der Waals surface area contributed by atoms with Crippen LogP contribution in [0.3, 0.4) is 0 Å². The second kappa shape index (κ2) is 7.21. The maximum atomic E-state index is 11.5. The van der Waals surface area contributed by atoms with Gasteiger partial charge >= 0.3 is 15.4 Å². The number of rotatable bonds is 8. The van der Waals surface area contributed by atoms with E-state index in [2.05, 4.69) is 19.3 Å². The number of phosphoric acid groups is 1. The Hall–Kier alpha value is -1.43. The van der Waals surface area contributed by atoms with E-state index >= 15 is 0 Å². The summed E-state index contributed by atoms with van der Waals surface area (Å²) in [5.41, 5.74) is 6.34. The second-order valence-electron chi connectivity index (χ2n) is 4.64. The number of ether oxygens (including phenoxy) is 1. The monoisotopic (exact) mass is 383 g/mol. The molecule has 0 aliphatic carbocycles. The molecule has 0 aromatic carbocycles. The third kappa shape index (κ3) is 5.03. The van der Waals surface area contributed by atoms with Gasteiger partial charge in [0.25, 0.3) is 0 Å². The standard InChI is InChI=1S/C9H15N5O8P2/c10-8-7-9(12-3-11-8)14(4-13-7)1-6(2-15)21-5-23(16,17)22-24(18,19)20/h3-4,6,15H,1-2,5H2,(H,16,17)(H2,10,11,12)(H2,18,19,20)/t6-/m0/s1. The molecule has 0 amide bonds. The number of aliphatic hydroxyl groups excluding tert-OH is 1. The first-order chi connectivity index (χ1) is 11.1. The first-order valence-electron chi connectivity index (χ1n) is 6.34. The van der Waals surface area contributed by atoms with E-state index in [-0.39, 0.29) is 12.4 Å². The van der Waals surface area contributed by atoms with Crippen LogP contribution < -0.4 is 5.73 Å². The van der Waals surface area contributed by atoms with Gasteiger partial charge in [-0.15, -0.1) is 0 Å². The van der Waals surface area contributed by atoms with Crippen LogP contribution in [0.2, 0.25) is 0 Å². The summed E-state index contributed by atoms with van der Waals surface area (Å²) in [5, 5.41) is 9.30. The molecule has 6 N–H and O–H groups in total. The summed E-state index contributed by atoms with van der Waals surface area (Å²) in [6.07, 6.45) is 0.583. The highest BCUT2D eigenvalue weighted by atomic mass is 31.3. The van der Waals surface area contributed by atoms with Crippen LogP contribution >= 0.6 is 15.4 Å². The molecule has 0 saturated heterocycles. The zero-order valence-corrected chi connectivity index (χ0v) is 13.8. The number of nitrogens with zero attached hydrogens (tertiary/aromatic N) is 4. The van der Waals surface area contributed by atoms with Gasteiger partial charge in [0.05, 0.1) is 25.6 Å². The van der Waals surface area contributed by atoms with Crippen LogP contribution in [0.25, 0.3) is 11.2 Å². The maximum absolute atomic E-state index is 11.5. The molecule has 13 nitrogen and oxygen atoms in total. The van der Waals surface area contributed by atoms with E-state index < -0.39 is 34.5 Å². The van der Waals surface area contributed by atoms with Crippen LogP contribution in [0.1, 0.15) is 0 Å². The molecular formula is C9H15N5O8P2. The number of aromatic nitrogens is 4. The third-order valence-electron chi connectivity index (χ3n) is 2.74. The number of fused-ring (bicyclic) bond motifs is 1. The molecule has 0 bridgehead atoms. The van der Waals surface area contributed by atoms with Crippen LogP contribution in [0.15, 0.2) is 12.7 Å². The van der Waals surface area contributed by atoms with E-state index in [1.54, 1.807) is 0 Å². The number of imidazole rings is 1. The fourth-order valence-electron chi connectivity index (χ4n) is 1.80. The smallest absolute Gasteiger partial charge is 0.394 e. The van der Waals surface area contributed by atoms with Crippen molar-refractivity contribution in [1.82, 2.24) is 19.5 Å². The van der Waals surface area contributed by atoms with Crippen molar-refractivity contribution in [3.8, 4) is 0 Å². The summed E-state index contributed by atoms with van der Waals surface area (Å²) in [5.74, 6) is 0.162. The Kier molecular flexibility index (Phi) is 5.68. The number of anilines is 1. The lowest BCUT2D eigenvalue weighted by Gasteiger charge is -2.18. The molecule has 134 valence electrons. The van der Waals surface area contributed by atoms with Crippen molar-refractivity contribution in [3.63, 3.8) is 0 Å². The summed E-state index contributed by atoms with van der Waals surface area (Å²) in [4.78, 5) is 38.2. The summed E-state index contributed by atoms with van der Waals surface area (Å²) in [6.45, 7) is -0.560. The third-order valence-corrected chi connectivity index (χ3v) is 5.09. The van der Waals surface area contributed by atoms with Gasteiger partial charge in [-0.3, -0.25) is 4.57 Å². The van der Waals surface area contributed by atoms with Crippen LogP contribution in [0.5, 0.6) is 0 Å². The Morgan fingerprint density at radius 2 is 1.96 bits per heavy atom. The van der Waals surface area contributed by atoms with Gasteiger partial charge in [0.2, 0.25) is 0 Å². The zero-order valence-electron chi connectivity index (χ0n) is 12.0. The maximum Gasteiger partial charge on any atom is 0.476 e. The lowest BCUT2D eigenvalue weighted by molar-refractivity contribution is 0.0202. The van der Waals surface area contributed by atoms with Gasteiger partial charge in [-0.2, -0.15) is 0 Å². The fourth-order valence-corrected chi connectivity index (χ4v) is 3.72. The van der Waals surface area contributed by atoms with E-state index in [0.29, 0.717) is 11.2 Å². The molecule has 1 unspecified atom stereocenters. The molecular weight excluding hydrogens is 368 g/mol. The summed E-state index contributed by atoms with van der Waals surface area (Å²) >= 11 is 0. The molecule has 0 fully saturated rings. The lowest BCUT2D eigenvalue weighted by Crippen LogP contribution is -2.24. The molecule has 2 atom stereocenters. The van der Waals surface area contributed by atoms with Gasteiger partial charge in [0.1, 0.15) is 18.2 Å². The molecule has 2 rings (SSSR count). The largest absolute Gasteiger partial charge is 0.476 e. The molecule has 0 aliphatic rings. The molecule has 24 heavy (non-hydrogen) atoms. The van der Waals surface area contributed by atoms with Gasteiger partial charge < -0.3 is 34.8 Å². The summed E-state index contributed by atoms with van der Waals surface area (Å²) < 4.78 is 32.3. The van der Waals surface area contributed by atoms with Gasteiger partial charge in [0, 0.05) is 0 Å². The average molecular weight is 383 g/mol. The second-order valence-corrected chi connectivity index (χ2v) is 7.81. The van der Waals surface area contributed by atoms with Crippen molar-refractivity contribution < 1.29 is 38.0 Å². The van der Waals surface area contributed by atoms with E-state index in [4.69, 9.17) is 20.3 Å². The molecule has 15 heteroatoms. The Labute approximate surface area is 134 Å². The Bertz CT molecular complexity index is 806. The molecule has 2 heterocycles. The Morgan fingerprint density at radius 1 is 1.25 bits per heavy atom. The average Bonchev–Trinajstić information content (AvgIpc) is 2.85. The number of nitrogen functional groups attached to an aromatic ring is 1. The summed E-state index contributed by atoms with van der Waals surface area (Å²) in [7, 11) is -9.85. The van der Waals surface area contributed by atoms with Crippen LogP contribution in [-0.2, 0) is 24.7 Å². The zero-order chi connectivity index (χ0) is 18.0. The van der Waals surface area contributed by atoms with E-state index in [9.17, 15) is 19.1 Å². The number of hydrogen-bond donors (Lipinski definition) is 5. The minimum absolute atomic E-state index is 0.0145. The molecule has 0 spiro atoms. The highest BCUT2D eigenvalue weighted by Crippen LogP contribution is 2.56. The van der Waals surface area contributed by atoms with Gasteiger partial charge in [-0.25, -0.2) is 23.8 Å². The predicted octanol–water partition coefficient (Wildman–Crippen LogP) is -0.962. The van der Waals surface area contributed by atoms with Crippen molar-refractivity contribution in [1.29, 1.82) is 0 Å². The SMILES string of the molecule is Nc1ncnc2c1ncn2C[C@@H](CO)OCP(=O)(O)OP(=O)(O)O. The number of nitrogens with two attached hydrogens (primary N) is 1. The molecule has 0 saturated carbocycles. The topological polar surface area (TPSA) is 203 Å². The molecule has 2 aromatic rings. The van der Waals surface area contributed by atoms with Gasteiger partial charge in [-0.1, -0.05) is 0 Å². The predicted molar refractivity (Wildman–Crippen MR) is 79.5 cm³/mol. The van der Waals surface area contributed by atoms with Crippen LogP contribution in [0, 0.1) is 0 Å². The van der Waals surface area contributed by atoms with Gasteiger partial charge in [0.15, 0.2) is 11.5 Å². The Balaban J connectivity index is 2.05. The van der Waals surface area contributed by atoms with Gasteiger partial charge in [-0.05, 0) is 0 Å². The Morgan fingerprint density at radius 3 is 2.58 bits per heavy atom. The number of hydrogen-bond acceptors (Lipinski definition) is 9. The quantitative estimate of drug-likeness (QED) is 0.350. The minimum atomic E-state index is -5.15. The molecule has 2 aromatic heterocycles. The van der Waals surface area contributed by atoms with Crippen LogP contribution in [0.4, 0.5) is 5.82 Å².